The fourth-order valence-electron chi connectivity index (χ4n) is 1.93. The standard InChI is InChI=1S/C16H17ClO4S/c1-11-3-8-16(14(17)9-11)21-10-15(18)12-4-6-13(7-5-12)22(2,19)20/h3-9,15,18H,10H2,1-2H3. The number of ether oxygens (including phenoxy) is 1. The summed E-state index contributed by atoms with van der Waals surface area (Å²) in [7, 11) is -3.24. The van der Waals surface area contributed by atoms with Crippen molar-refractivity contribution in [2.75, 3.05) is 12.9 Å². The van der Waals surface area contributed by atoms with Crippen LogP contribution >= 0.6 is 11.6 Å². The largest absolute Gasteiger partial charge is 0.489 e. The fraction of sp³-hybridized carbons (Fsp3) is 0.250. The highest BCUT2D eigenvalue weighted by atomic mass is 35.5. The van der Waals surface area contributed by atoms with Crippen LogP contribution in [0.15, 0.2) is 47.4 Å². The molecule has 0 spiro atoms. The first-order chi connectivity index (χ1) is 10.3. The minimum absolute atomic E-state index is 0.0288. The number of aliphatic hydroxyl groups excluding tert-OH is 1. The van der Waals surface area contributed by atoms with E-state index in [1.54, 1.807) is 24.3 Å². The number of aryl methyl sites for hydroxylation is 1. The molecule has 0 aromatic heterocycles. The highest BCUT2D eigenvalue weighted by molar-refractivity contribution is 7.90. The lowest BCUT2D eigenvalue weighted by atomic mass is 10.1. The summed E-state index contributed by atoms with van der Waals surface area (Å²) in [6.45, 7) is 1.95. The highest BCUT2D eigenvalue weighted by Gasteiger charge is 2.12. The molecule has 0 bridgehead atoms. The van der Waals surface area contributed by atoms with E-state index < -0.39 is 15.9 Å². The SMILES string of the molecule is Cc1ccc(OCC(O)c2ccc(S(C)(=O)=O)cc2)c(Cl)c1. The predicted octanol–water partition coefficient (Wildman–Crippen LogP) is 3.16. The van der Waals surface area contributed by atoms with E-state index in [1.807, 2.05) is 13.0 Å². The van der Waals surface area contributed by atoms with Crippen LogP contribution in [0.5, 0.6) is 5.75 Å². The summed E-state index contributed by atoms with van der Waals surface area (Å²) in [5.41, 5.74) is 1.60. The molecular weight excluding hydrogens is 324 g/mol. The monoisotopic (exact) mass is 340 g/mol. The summed E-state index contributed by atoms with van der Waals surface area (Å²) in [5.74, 6) is 0.499. The second-order valence-electron chi connectivity index (χ2n) is 5.10. The molecule has 2 aromatic carbocycles. The number of sulfone groups is 1. The molecule has 0 heterocycles. The van der Waals surface area contributed by atoms with Gasteiger partial charge in [0.15, 0.2) is 9.84 Å². The molecule has 2 rings (SSSR count). The van der Waals surface area contributed by atoms with Crippen molar-refractivity contribution in [3.63, 3.8) is 0 Å². The maximum absolute atomic E-state index is 11.4. The average Bonchev–Trinajstić information content (AvgIpc) is 2.45. The molecule has 1 atom stereocenters. The number of halogens is 1. The maximum Gasteiger partial charge on any atom is 0.175 e. The minimum Gasteiger partial charge on any atom is -0.489 e. The van der Waals surface area contributed by atoms with Crippen molar-refractivity contribution in [3.05, 3.63) is 58.6 Å². The molecule has 2 aromatic rings. The first-order valence-corrected chi connectivity index (χ1v) is 8.91. The molecule has 118 valence electrons. The van der Waals surface area contributed by atoms with Crippen LogP contribution < -0.4 is 4.74 Å². The van der Waals surface area contributed by atoms with Crippen molar-refractivity contribution in [1.29, 1.82) is 0 Å². The lowest BCUT2D eigenvalue weighted by Gasteiger charge is -2.14. The Hall–Kier alpha value is -1.56. The quantitative estimate of drug-likeness (QED) is 0.908. The Morgan fingerprint density at radius 1 is 1.18 bits per heavy atom. The molecule has 4 nitrogen and oxygen atoms in total. The van der Waals surface area contributed by atoms with Gasteiger partial charge in [-0.25, -0.2) is 8.42 Å². The summed E-state index contributed by atoms with van der Waals surface area (Å²) in [6.07, 6.45) is 0.270. The molecule has 1 N–H and O–H groups in total. The zero-order valence-corrected chi connectivity index (χ0v) is 13.9. The van der Waals surface area contributed by atoms with Gasteiger partial charge in [0.1, 0.15) is 18.5 Å². The van der Waals surface area contributed by atoms with Crippen molar-refractivity contribution in [1.82, 2.24) is 0 Å². The molecule has 0 radical (unpaired) electrons. The van der Waals surface area contributed by atoms with Crippen LogP contribution in [0.4, 0.5) is 0 Å². The van der Waals surface area contributed by atoms with Crippen molar-refractivity contribution < 1.29 is 18.3 Å². The van der Waals surface area contributed by atoms with Crippen molar-refractivity contribution in [2.24, 2.45) is 0 Å². The van der Waals surface area contributed by atoms with Crippen LogP contribution in [-0.4, -0.2) is 26.4 Å². The number of hydrogen-bond acceptors (Lipinski definition) is 4. The summed E-state index contributed by atoms with van der Waals surface area (Å²) >= 11 is 6.06. The van der Waals surface area contributed by atoms with Gasteiger partial charge in [0.2, 0.25) is 0 Å². The maximum atomic E-state index is 11.4. The van der Waals surface area contributed by atoms with E-state index >= 15 is 0 Å². The van der Waals surface area contributed by atoms with Crippen molar-refractivity contribution in [3.8, 4) is 5.75 Å². The van der Waals surface area contributed by atoms with E-state index in [-0.39, 0.29) is 11.5 Å². The third-order valence-electron chi connectivity index (χ3n) is 3.18. The highest BCUT2D eigenvalue weighted by Crippen LogP contribution is 2.26. The molecular formula is C16H17ClO4S. The van der Waals surface area contributed by atoms with Crippen LogP contribution in [0, 0.1) is 6.92 Å². The lowest BCUT2D eigenvalue weighted by Crippen LogP contribution is -2.10. The van der Waals surface area contributed by atoms with Crippen LogP contribution in [-0.2, 0) is 9.84 Å². The zero-order valence-electron chi connectivity index (χ0n) is 12.3. The second-order valence-corrected chi connectivity index (χ2v) is 7.52. The Morgan fingerprint density at radius 3 is 2.36 bits per heavy atom. The second kappa shape index (κ2) is 6.69. The number of hydrogen-bond donors (Lipinski definition) is 1. The van der Waals surface area contributed by atoms with Crippen LogP contribution in [0.25, 0.3) is 0 Å². The van der Waals surface area contributed by atoms with Gasteiger partial charge in [-0.2, -0.15) is 0 Å². The van der Waals surface area contributed by atoms with Crippen LogP contribution in [0.3, 0.4) is 0 Å². The smallest absolute Gasteiger partial charge is 0.175 e. The van der Waals surface area contributed by atoms with E-state index in [9.17, 15) is 13.5 Å². The first-order valence-electron chi connectivity index (χ1n) is 6.64. The van der Waals surface area contributed by atoms with Gasteiger partial charge in [0, 0.05) is 6.26 Å². The Morgan fingerprint density at radius 2 is 1.82 bits per heavy atom. The first kappa shape index (κ1) is 16.8. The third-order valence-corrected chi connectivity index (χ3v) is 4.60. The summed E-state index contributed by atoms with van der Waals surface area (Å²) < 4.78 is 28.3. The van der Waals surface area contributed by atoms with E-state index in [1.165, 1.54) is 12.1 Å². The Bertz CT molecular complexity index is 754. The molecule has 0 amide bonds. The number of rotatable bonds is 5. The van der Waals surface area contributed by atoms with E-state index in [2.05, 4.69) is 0 Å². The fourth-order valence-corrected chi connectivity index (χ4v) is 2.85. The summed E-state index contributed by atoms with van der Waals surface area (Å²) in [4.78, 5) is 0.214. The molecule has 0 aliphatic heterocycles. The van der Waals surface area contributed by atoms with Gasteiger partial charge in [-0.3, -0.25) is 0 Å². The van der Waals surface area contributed by atoms with Gasteiger partial charge in [0.05, 0.1) is 9.92 Å². The van der Waals surface area contributed by atoms with Crippen LogP contribution in [0.2, 0.25) is 5.02 Å². The number of benzene rings is 2. The van der Waals surface area contributed by atoms with E-state index in [0.29, 0.717) is 16.3 Å². The van der Waals surface area contributed by atoms with Gasteiger partial charge < -0.3 is 9.84 Å². The van der Waals surface area contributed by atoms with Gasteiger partial charge in [0.25, 0.3) is 0 Å². The summed E-state index contributed by atoms with van der Waals surface area (Å²) in [6, 6.07) is 11.5. The molecule has 0 aliphatic carbocycles. The molecule has 0 saturated heterocycles. The predicted molar refractivity (Wildman–Crippen MR) is 86.2 cm³/mol. The van der Waals surface area contributed by atoms with Crippen molar-refractivity contribution >= 4 is 21.4 Å². The van der Waals surface area contributed by atoms with E-state index in [0.717, 1.165) is 11.8 Å². The van der Waals surface area contributed by atoms with Gasteiger partial charge in [-0.15, -0.1) is 0 Å². The topological polar surface area (TPSA) is 63.6 Å². The average molecular weight is 341 g/mol. The van der Waals surface area contributed by atoms with Gasteiger partial charge in [-0.05, 0) is 42.3 Å². The van der Waals surface area contributed by atoms with Gasteiger partial charge >= 0.3 is 0 Å². The number of aliphatic hydroxyl groups is 1. The molecule has 22 heavy (non-hydrogen) atoms. The Kier molecular flexibility index (Phi) is 5.11. The Labute approximate surface area is 135 Å². The third kappa shape index (κ3) is 4.22. The summed E-state index contributed by atoms with van der Waals surface area (Å²) in [5, 5.41) is 10.6. The molecule has 6 heteroatoms. The van der Waals surface area contributed by atoms with E-state index in [4.69, 9.17) is 16.3 Å². The Balaban J connectivity index is 2.04. The molecule has 0 fully saturated rings. The normalized spacial score (nSPS) is 12.9. The minimum atomic E-state index is -3.24. The van der Waals surface area contributed by atoms with Gasteiger partial charge in [-0.1, -0.05) is 29.8 Å². The molecule has 0 aliphatic rings. The van der Waals surface area contributed by atoms with Crippen molar-refractivity contribution in [2.45, 2.75) is 17.9 Å². The lowest BCUT2D eigenvalue weighted by molar-refractivity contribution is 0.108. The molecule has 0 saturated carbocycles. The van der Waals surface area contributed by atoms with Crippen LogP contribution in [0.1, 0.15) is 17.2 Å². The zero-order chi connectivity index (χ0) is 16.3. The molecule has 1 unspecified atom stereocenters.